The van der Waals surface area contributed by atoms with E-state index in [-0.39, 0.29) is 22.8 Å². The van der Waals surface area contributed by atoms with Crippen LogP contribution in [0.4, 0.5) is 10.5 Å². The predicted molar refractivity (Wildman–Crippen MR) is 125 cm³/mol. The maximum Gasteiger partial charge on any atom is 0.408 e. The largest absolute Gasteiger partial charge is 0.444 e. The lowest BCUT2D eigenvalue weighted by Crippen LogP contribution is -2.35. The average molecular weight is 467 g/mol. The first kappa shape index (κ1) is 25.1. The van der Waals surface area contributed by atoms with Gasteiger partial charge in [-0.3, -0.25) is 4.79 Å². The molecule has 2 amide bonds. The molecule has 1 heterocycles. The van der Waals surface area contributed by atoms with Gasteiger partial charge in [0.1, 0.15) is 11.6 Å². The molecule has 2 N–H and O–H groups in total. The molecule has 2 aromatic rings. The zero-order chi connectivity index (χ0) is 23.0. The fraction of sp³-hybridized carbons (Fsp3) is 0.524. The Kier molecular flexibility index (Phi) is 9.24. The predicted octanol–water partition coefficient (Wildman–Crippen LogP) is 4.74. The van der Waals surface area contributed by atoms with Crippen LogP contribution in [-0.4, -0.2) is 45.6 Å². The molecule has 1 aromatic heterocycles. The van der Waals surface area contributed by atoms with E-state index in [4.69, 9.17) is 9.15 Å². The molecule has 0 saturated heterocycles. The van der Waals surface area contributed by atoms with Gasteiger partial charge in [0.25, 0.3) is 5.22 Å². The summed E-state index contributed by atoms with van der Waals surface area (Å²) in [4.78, 5) is 24.5. The number of aromatic nitrogens is 2. The summed E-state index contributed by atoms with van der Waals surface area (Å²) >= 11 is 2.80. The van der Waals surface area contributed by atoms with Crippen molar-refractivity contribution in [2.24, 2.45) is 0 Å². The number of hydrogen-bond donors (Lipinski definition) is 2. The standard InChI is InChI=1S/C21H30N4O4S2/c1-13-8-7-9-15(14(13)2)22-17(26)12-31-20-25-24-18(28-20)16(10-11-30-6)23-19(27)29-21(3,4)5/h7-9,16H,10-12H2,1-6H3,(H,22,26)(H,23,27). The van der Waals surface area contributed by atoms with Crippen molar-refractivity contribution in [1.82, 2.24) is 15.5 Å². The van der Waals surface area contributed by atoms with Gasteiger partial charge < -0.3 is 19.8 Å². The van der Waals surface area contributed by atoms with Crippen molar-refractivity contribution < 1.29 is 18.7 Å². The summed E-state index contributed by atoms with van der Waals surface area (Å²) < 4.78 is 11.0. The second-order valence-electron chi connectivity index (χ2n) is 7.97. The van der Waals surface area contributed by atoms with Crippen molar-refractivity contribution in [3.63, 3.8) is 0 Å². The van der Waals surface area contributed by atoms with Crippen molar-refractivity contribution in [1.29, 1.82) is 0 Å². The lowest BCUT2D eigenvalue weighted by atomic mass is 10.1. The molecule has 8 nitrogen and oxygen atoms in total. The van der Waals surface area contributed by atoms with Crippen molar-refractivity contribution in [3.05, 3.63) is 35.2 Å². The Bertz CT molecular complexity index is 896. The number of rotatable bonds is 9. The van der Waals surface area contributed by atoms with Crippen LogP contribution < -0.4 is 10.6 Å². The van der Waals surface area contributed by atoms with E-state index >= 15 is 0 Å². The van der Waals surface area contributed by atoms with Crippen LogP contribution >= 0.6 is 23.5 Å². The summed E-state index contributed by atoms with van der Waals surface area (Å²) in [5, 5.41) is 14.0. The van der Waals surface area contributed by atoms with Crippen molar-refractivity contribution in [3.8, 4) is 0 Å². The van der Waals surface area contributed by atoms with E-state index in [1.807, 2.05) is 38.3 Å². The Morgan fingerprint density at radius 1 is 1.23 bits per heavy atom. The zero-order valence-corrected chi connectivity index (χ0v) is 20.4. The third-order valence-corrected chi connectivity index (χ3v) is 5.69. The van der Waals surface area contributed by atoms with Crippen LogP contribution in [0.1, 0.15) is 50.3 Å². The summed E-state index contributed by atoms with van der Waals surface area (Å²) in [6.45, 7) is 9.36. The normalized spacial score (nSPS) is 12.3. The van der Waals surface area contributed by atoms with Gasteiger partial charge in [0.05, 0.1) is 5.75 Å². The van der Waals surface area contributed by atoms with Gasteiger partial charge in [-0.05, 0) is 70.2 Å². The molecule has 1 aromatic carbocycles. The summed E-state index contributed by atoms with van der Waals surface area (Å²) in [6, 6.07) is 5.31. The molecular weight excluding hydrogens is 436 g/mol. The van der Waals surface area contributed by atoms with Crippen molar-refractivity contribution >= 4 is 41.2 Å². The molecule has 0 spiro atoms. The monoisotopic (exact) mass is 466 g/mol. The first-order valence-corrected chi connectivity index (χ1v) is 12.3. The van der Waals surface area contributed by atoms with E-state index in [0.717, 1.165) is 34.3 Å². The number of carbonyl (C=O) groups is 2. The molecule has 0 saturated carbocycles. The van der Waals surface area contributed by atoms with E-state index in [9.17, 15) is 9.59 Å². The summed E-state index contributed by atoms with van der Waals surface area (Å²) in [6.07, 6.45) is 2.05. The number of ether oxygens (including phenoxy) is 1. The van der Waals surface area contributed by atoms with Gasteiger partial charge in [0.2, 0.25) is 11.8 Å². The van der Waals surface area contributed by atoms with Gasteiger partial charge in [-0.15, -0.1) is 10.2 Å². The number of anilines is 1. The van der Waals surface area contributed by atoms with Crippen LogP contribution in [0.25, 0.3) is 0 Å². The highest BCUT2D eigenvalue weighted by molar-refractivity contribution is 7.99. The average Bonchev–Trinajstić information content (AvgIpc) is 3.14. The van der Waals surface area contributed by atoms with Crippen LogP contribution in [0.5, 0.6) is 0 Å². The van der Waals surface area contributed by atoms with Gasteiger partial charge in [0.15, 0.2) is 0 Å². The summed E-state index contributed by atoms with van der Waals surface area (Å²) in [5.74, 6) is 1.05. The first-order chi connectivity index (χ1) is 14.6. The molecule has 0 bridgehead atoms. The van der Waals surface area contributed by atoms with Gasteiger partial charge >= 0.3 is 6.09 Å². The van der Waals surface area contributed by atoms with Crippen LogP contribution in [0.15, 0.2) is 27.8 Å². The smallest absolute Gasteiger partial charge is 0.408 e. The molecule has 0 radical (unpaired) electrons. The summed E-state index contributed by atoms with van der Waals surface area (Å²) in [7, 11) is 0. The molecule has 31 heavy (non-hydrogen) atoms. The Hall–Kier alpha value is -2.20. The lowest BCUT2D eigenvalue weighted by Gasteiger charge is -2.22. The minimum atomic E-state index is -0.604. The molecule has 0 aliphatic heterocycles. The second-order valence-corrected chi connectivity index (χ2v) is 9.88. The number of nitrogens with zero attached hydrogens (tertiary/aromatic N) is 2. The van der Waals surface area contributed by atoms with E-state index in [1.54, 1.807) is 32.5 Å². The summed E-state index contributed by atoms with van der Waals surface area (Å²) in [5.41, 5.74) is 2.33. The zero-order valence-electron chi connectivity index (χ0n) is 18.8. The Morgan fingerprint density at radius 3 is 2.65 bits per heavy atom. The number of carbonyl (C=O) groups excluding carboxylic acids is 2. The minimum Gasteiger partial charge on any atom is -0.444 e. The maximum absolute atomic E-state index is 12.3. The number of benzene rings is 1. The van der Waals surface area contributed by atoms with Crippen LogP contribution in [-0.2, 0) is 9.53 Å². The Balaban J connectivity index is 1.96. The third kappa shape index (κ3) is 8.45. The first-order valence-electron chi connectivity index (χ1n) is 9.89. The Labute approximate surface area is 191 Å². The number of amides is 2. The van der Waals surface area contributed by atoms with Gasteiger partial charge in [-0.2, -0.15) is 11.8 Å². The molecule has 2 rings (SSSR count). The van der Waals surface area contributed by atoms with E-state index < -0.39 is 17.7 Å². The van der Waals surface area contributed by atoms with E-state index in [1.165, 1.54) is 0 Å². The Morgan fingerprint density at radius 2 is 1.97 bits per heavy atom. The van der Waals surface area contributed by atoms with E-state index in [2.05, 4.69) is 20.8 Å². The number of aryl methyl sites for hydroxylation is 1. The lowest BCUT2D eigenvalue weighted by molar-refractivity contribution is -0.113. The minimum absolute atomic E-state index is 0.129. The van der Waals surface area contributed by atoms with Crippen molar-refractivity contribution in [2.45, 2.75) is 57.9 Å². The number of alkyl carbamates (subject to hydrolysis) is 1. The van der Waals surface area contributed by atoms with E-state index in [0.29, 0.717) is 6.42 Å². The molecule has 0 aliphatic rings. The SMILES string of the molecule is CSCCC(NC(=O)OC(C)(C)C)c1nnc(SCC(=O)Nc2cccc(C)c2C)o1. The quantitative estimate of drug-likeness (QED) is 0.511. The van der Waals surface area contributed by atoms with Crippen molar-refractivity contribution in [2.75, 3.05) is 23.1 Å². The van der Waals surface area contributed by atoms with Crippen LogP contribution in [0.2, 0.25) is 0 Å². The molecule has 1 atom stereocenters. The molecule has 0 fully saturated rings. The molecule has 170 valence electrons. The fourth-order valence-electron chi connectivity index (χ4n) is 2.56. The second kappa shape index (κ2) is 11.4. The highest BCUT2D eigenvalue weighted by atomic mass is 32.2. The van der Waals surface area contributed by atoms with Gasteiger partial charge in [-0.1, -0.05) is 23.9 Å². The third-order valence-electron chi connectivity index (χ3n) is 4.23. The van der Waals surface area contributed by atoms with Crippen LogP contribution in [0.3, 0.4) is 0 Å². The van der Waals surface area contributed by atoms with Gasteiger partial charge in [0, 0.05) is 5.69 Å². The van der Waals surface area contributed by atoms with Gasteiger partial charge in [-0.25, -0.2) is 4.79 Å². The maximum atomic E-state index is 12.3. The molecule has 1 unspecified atom stereocenters. The molecule has 0 aliphatic carbocycles. The fourth-order valence-corrected chi connectivity index (χ4v) is 3.60. The van der Waals surface area contributed by atoms with Crippen LogP contribution in [0, 0.1) is 13.8 Å². The molecule has 10 heteroatoms. The highest BCUT2D eigenvalue weighted by Gasteiger charge is 2.24. The molecular formula is C21H30N4O4S2. The number of hydrogen-bond acceptors (Lipinski definition) is 8. The number of thioether (sulfide) groups is 2. The highest BCUT2D eigenvalue weighted by Crippen LogP contribution is 2.24. The topological polar surface area (TPSA) is 106 Å². The number of nitrogens with one attached hydrogen (secondary N) is 2.